The Hall–Kier alpha value is -2.77. The minimum atomic E-state index is -0.877. The molecule has 5 rings (SSSR count). The van der Waals surface area contributed by atoms with E-state index in [0.717, 1.165) is 68.3 Å². The SMILES string of the molecule is NC1CCC(C(=O)N2CCC(OCC#Cc3ccc4c(c3)CN(C3CCC(=O)NC3=O)C4O)CC2)CC1. The summed E-state index contributed by atoms with van der Waals surface area (Å²) in [6.07, 6.45) is 5.26. The first-order chi connectivity index (χ1) is 17.9. The van der Waals surface area contributed by atoms with Gasteiger partial charge in [-0.15, -0.1) is 0 Å². The van der Waals surface area contributed by atoms with Crippen molar-refractivity contribution < 1.29 is 24.2 Å². The number of rotatable bonds is 4. The maximum Gasteiger partial charge on any atom is 0.244 e. The maximum atomic E-state index is 12.8. The largest absolute Gasteiger partial charge is 0.374 e. The van der Waals surface area contributed by atoms with Crippen LogP contribution >= 0.6 is 0 Å². The van der Waals surface area contributed by atoms with Crippen molar-refractivity contribution in [3.05, 3.63) is 34.9 Å². The number of nitrogens with zero attached hydrogens (tertiary/aromatic N) is 2. The first-order valence-electron chi connectivity index (χ1n) is 13.4. The average Bonchev–Trinajstić information content (AvgIpc) is 3.22. The Morgan fingerprint density at radius 1 is 1.11 bits per heavy atom. The molecule has 4 N–H and O–H groups in total. The highest BCUT2D eigenvalue weighted by Crippen LogP contribution is 2.35. The standard InChI is InChI=1S/C28H36N4O5/c29-21-6-4-19(5-7-21)27(35)31-13-11-22(12-14-31)37-15-1-2-18-3-8-23-20(16-18)17-32(28(23)36)24-9-10-25(33)30-26(24)34/h3,8,16,19,21-22,24,28,36H,4-7,9-15,17,29H2,(H,30,33,34). The Morgan fingerprint density at radius 2 is 1.86 bits per heavy atom. The third-order valence-corrected chi connectivity index (χ3v) is 8.20. The second-order valence-electron chi connectivity index (χ2n) is 10.7. The normalized spacial score (nSPS) is 28.9. The Morgan fingerprint density at radius 3 is 2.59 bits per heavy atom. The number of ether oxygens (including phenoxy) is 1. The van der Waals surface area contributed by atoms with Crippen molar-refractivity contribution in [2.75, 3.05) is 19.7 Å². The maximum absolute atomic E-state index is 12.8. The number of carbonyl (C=O) groups is 3. The molecule has 3 amide bonds. The van der Waals surface area contributed by atoms with Gasteiger partial charge in [-0.2, -0.15) is 0 Å². The van der Waals surface area contributed by atoms with Crippen molar-refractivity contribution in [3.63, 3.8) is 0 Å². The van der Waals surface area contributed by atoms with Crippen LogP contribution in [-0.4, -0.2) is 70.5 Å². The molecule has 1 saturated carbocycles. The zero-order valence-corrected chi connectivity index (χ0v) is 21.2. The van der Waals surface area contributed by atoms with Crippen molar-refractivity contribution >= 4 is 17.7 Å². The molecular weight excluding hydrogens is 472 g/mol. The van der Waals surface area contributed by atoms with Gasteiger partial charge < -0.3 is 20.5 Å². The van der Waals surface area contributed by atoms with Gasteiger partial charge in [0.05, 0.1) is 12.1 Å². The lowest BCUT2D eigenvalue weighted by Crippen LogP contribution is -2.51. The summed E-state index contributed by atoms with van der Waals surface area (Å²) in [4.78, 5) is 40.2. The monoisotopic (exact) mass is 508 g/mol. The molecule has 4 aliphatic rings. The number of nitrogens with one attached hydrogen (secondary N) is 1. The second kappa shape index (κ2) is 11.3. The molecule has 0 bridgehead atoms. The van der Waals surface area contributed by atoms with Crippen LogP contribution in [0.15, 0.2) is 18.2 Å². The fourth-order valence-electron chi connectivity index (χ4n) is 5.98. The van der Waals surface area contributed by atoms with Gasteiger partial charge in [0.2, 0.25) is 17.7 Å². The molecule has 9 nitrogen and oxygen atoms in total. The zero-order chi connectivity index (χ0) is 25.9. The van der Waals surface area contributed by atoms with Gasteiger partial charge in [0.1, 0.15) is 12.8 Å². The van der Waals surface area contributed by atoms with Gasteiger partial charge in [-0.25, -0.2) is 0 Å². The summed E-state index contributed by atoms with van der Waals surface area (Å²) in [5.41, 5.74) is 8.50. The Labute approximate surface area is 217 Å². The van der Waals surface area contributed by atoms with Gasteiger partial charge in [-0.1, -0.05) is 17.9 Å². The van der Waals surface area contributed by atoms with E-state index in [0.29, 0.717) is 19.6 Å². The van der Waals surface area contributed by atoms with E-state index in [1.807, 2.05) is 23.1 Å². The number of benzene rings is 1. The van der Waals surface area contributed by atoms with Crippen molar-refractivity contribution in [1.29, 1.82) is 0 Å². The topological polar surface area (TPSA) is 125 Å². The first-order valence-corrected chi connectivity index (χ1v) is 13.4. The molecule has 1 aliphatic carbocycles. The highest BCUT2D eigenvalue weighted by atomic mass is 16.5. The summed E-state index contributed by atoms with van der Waals surface area (Å²) in [5.74, 6) is 6.02. The Bertz CT molecular complexity index is 1100. The number of aliphatic hydroxyl groups excluding tert-OH is 1. The van der Waals surface area contributed by atoms with Gasteiger partial charge in [-0.05, 0) is 68.2 Å². The van der Waals surface area contributed by atoms with Crippen LogP contribution < -0.4 is 11.1 Å². The van der Waals surface area contributed by atoms with Crippen LogP contribution in [0.3, 0.4) is 0 Å². The number of aliphatic hydroxyl groups is 1. The Kier molecular flexibility index (Phi) is 7.91. The lowest BCUT2D eigenvalue weighted by atomic mass is 9.85. The number of imide groups is 1. The quantitative estimate of drug-likeness (QED) is 0.412. The van der Waals surface area contributed by atoms with Gasteiger partial charge in [0.25, 0.3) is 0 Å². The van der Waals surface area contributed by atoms with Gasteiger partial charge in [0.15, 0.2) is 0 Å². The number of hydrogen-bond donors (Lipinski definition) is 3. The lowest BCUT2D eigenvalue weighted by molar-refractivity contribution is -0.142. The minimum Gasteiger partial charge on any atom is -0.374 e. The third-order valence-electron chi connectivity index (χ3n) is 8.20. The number of amides is 3. The van der Waals surface area contributed by atoms with E-state index in [4.69, 9.17) is 10.5 Å². The number of carbonyl (C=O) groups excluding carboxylic acids is 3. The molecular formula is C28H36N4O5. The molecule has 1 aromatic rings. The molecule has 3 aliphatic heterocycles. The van der Waals surface area contributed by atoms with Crippen LogP contribution in [0.25, 0.3) is 0 Å². The minimum absolute atomic E-state index is 0.107. The summed E-state index contributed by atoms with van der Waals surface area (Å²) < 4.78 is 5.97. The van der Waals surface area contributed by atoms with Crippen LogP contribution in [-0.2, 0) is 25.7 Å². The summed E-state index contributed by atoms with van der Waals surface area (Å²) in [7, 11) is 0. The van der Waals surface area contributed by atoms with Crippen LogP contribution in [0.4, 0.5) is 0 Å². The van der Waals surface area contributed by atoms with E-state index in [2.05, 4.69) is 17.2 Å². The van der Waals surface area contributed by atoms with E-state index < -0.39 is 12.3 Å². The molecule has 0 radical (unpaired) electrons. The molecule has 37 heavy (non-hydrogen) atoms. The fraction of sp³-hybridized carbons (Fsp3) is 0.607. The zero-order valence-electron chi connectivity index (χ0n) is 21.2. The number of likely N-dealkylation sites (tertiary alicyclic amines) is 1. The highest BCUT2D eigenvalue weighted by Gasteiger charge is 2.39. The van der Waals surface area contributed by atoms with Crippen molar-refractivity contribution in [1.82, 2.24) is 15.1 Å². The number of fused-ring (bicyclic) bond motifs is 1. The van der Waals surface area contributed by atoms with Crippen LogP contribution in [0.2, 0.25) is 0 Å². The molecule has 9 heteroatoms. The number of nitrogens with two attached hydrogens (primary N) is 1. The third kappa shape index (κ3) is 5.88. The molecule has 1 aromatic carbocycles. The van der Waals surface area contributed by atoms with E-state index >= 15 is 0 Å². The molecule has 0 aromatic heterocycles. The number of piperidine rings is 2. The van der Waals surface area contributed by atoms with Gasteiger partial charge in [0, 0.05) is 43.6 Å². The van der Waals surface area contributed by atoms with E-state index in [1.165, 1.54) is 0 Å². The summed E-state index contributed by atoms with van der Waals surface area (Å²) in [6, 6.07) is 5.39. The van der Waals surface area contributed by atoms with Crippen molar-refractivity contribution in [3.8, 4) is 11.8 Å². The van der Waals surface area contributed by atoms with Crippen molar-refractivity contribution in [2.45, 2.75) is 82.3 Å². The molecule has 3 heterocycles. The average molecular weight is 509 g/mol. The molecule has 0 spiro atoms. The molecule has 2 atom stereocenters. The summed E-state index contributed by atoms with van der Waals surface area (Å²) in [5, 5.41) is 13.1. The summed E-state index contributed by atoms with van der Waals surface area (Å²) in [6.45, 7) is 2.22. The highest BCUT2D eigenvalue weighted by molar-refractivity contribution is 6.00. The molecule has 198 valence electrons. The van der Waals surface area contributed by atoms with Gasteiger partial charge in [-0.3, -0.25) is 24.6 Å². The predicted octanol–water partition coefficient (Wildman–Crippen LogP) is 1.17. The van der Waals surface area contributed by atoms with Crippen LogP contribution in [0.1, 0.15) is 74.3 Å². The molecule has 2 unspecified atom stereocenters. The second-order valence-corrected chi connectivity index (χ2v) is 10.7. The lowest BCUT2D eigenvalue weighted by Gasteiger charge is -2.35. The van der Waals surface area contributed by atoms with Crippen LogP contribution in [0, 0.1) is 17.8 Å². The Balaban J connectivity index is 1.08. The first kappa shape index (κ1) is 25.9. The molecule has 3 fully saturated rings. The van der Waals surface area contributed by atoms with E-state index in [1.54, 1.807) is 4.90 Å². The van der Waals surface area contributed by atoms with Gasteiger partial charge >= 0.3 is 0 Å². The van der Waals surface area contributed by atoms with E-state index in [-0.39, 0.29) is 42.2 Å². The van der Waals surface area contributed by atoms with Crippen molar-refractivity contribution in [2.24, 2.45) is 11.7 Å². The smallest absolute Gasteiger partial charge is 0.244 e. The van der Waals surface area contributed by atoms with E-state index in [9.17, 15) is 19.5 Å². The molecule has 2 saturated heterocycles. The van der Waals surface area contributed by atoms with Crippen LogP contribution in [0.5, 0.6) is 0 Å². The summed E-state index contributed by atoms with van der Waals surface area (Å²) >= 11 is 0. The predicted molar refractivity (Wildman–Crippen MR) is 135 cm³/mol. The number of hydrogen-bond acceptors (Lipinski definition) is 7. The fourth-order valence-corrected chi connectivity index (χ4v) is 5.98.